The zero-order chi connectivity index (χ0) is 24.4. The molecule has 10 nitrogen and oxygen atoms in total. The summed E-state index contributed by atoms with van der Waals surface area (Å²) in [5.74, 6) is 1.39. The van der Waals surface area contributed by atoms with Crippen molar-refractivity contribution in [1.82, 2.24) is 9.80 Å². The van der Waals surface area contributed by atoms with E-state index >= 15 is 0 Å². The fraction of sp³-hybridized carbons (Fsp3) is 0.440. The molecule has 2 heterocycles. The van der Waals surface area contributed by atoms with E-state index in [0.717, 1.165) is 25.7 Å². The summed E-state index contributed by atoms with van der Waals surface area (Å²) in [5.41, 5.74) is 1.06. The molecule has 0 radical (unpaired) electrons. The Hall–Kier alpha value is -3.66. The molecule has 35 heavy (non-hydrogen) atoms. The third kappa shape index (κ3) is 4.93. The summed E-state index contributed by atoms with van der Waals surface area (Å²) in [7, 11) is 0. The van der Waals surface area contributed by atoms with Gasteiger partial charge in [0.1, 0.15) is 0 Å². The van der Waals surface area contributed by atoms with Crippen LogP contribution in [-0.2, 0) is 4.79 Å². The van der Waals surface area contributed by atoms with Crippen molar-refractivity contribution in [3.63, 3.8) is 0 Å². The van der Waals surface area contributed by atoms with Crippen LogP contribution in [0.1, 0.15) is 36.0 Å². The van der Waals surface area contributed by atoms with Gasteiger partial charge in [-0.25, -0.2) is 0 Å². The molecular formula is C25H28N4O6. The smallest absolute Gasteiger partial charge is 0.269 e. The Bertz CT molecular complexity index is 1110. The quantitative estimate of drug-likeness (QED) is 0.498. The topological polar surface area (TPSA) is 114 Å². The van der Waals surface area contributed by atoms with Crippen LogP contribution >= 0.6 is 0 Å². The minimum Gasteiger partial charge on any atom is -0.454 e. The first-order valence-electron chi connectivity index (χ1n) is 12.0. The summed E-state index contributed by atoms with van der Waals surface area (Å²) in [6.45, 7) is 2.36. The molecule has 2 amide bonds. The van der Waals surface area contributed by atoms with Crippen LogP contribution in [0.15, 0.2) is 42.5 Å². The van der Waals surface area contributed by atoms with Crippen LogP contribution in [0.2, 0.25) is 0 Å². The molecule has 0 unspecified atom stereocenters. The van der Waals surface area contributed by atoms with Gasteiger partial charge in [0.25, 0.3) is 11.6 Å². The first kappa shape index (κ1) is 23.1. The second kappa shape index (κ2) is 9.91. The molecular weight excluding hydrogens is 452 g/mol. The lowest BCUT2D eigenvalue weighted by atomic mass is 9.94. The summed E-state index contributed by atoms with van der Waals surface area (Å²) in [6.07, 6.45) is 4.27. The van der Waals surface area contributed by atoms with E-state index in [-0.39, 0.29) is 36.3 Å². The molecule has 1 N–H and O–H groups in total. The Morgan fingerprint density at radius 1 is 0.971 bits per heavy atom. The maximum absolute atomic E-state index is 13.5. The van der Waals surface area contributed by atoms with E-state index < -0.39 is 4.92 Å². The van der Waals surface area contributed by atoms with Crippen molar-refractivity contribution in [2.45, 2.75) is 31.7 Å². The van der Waals surface area contributed by atoms with Crippen LogP contribution < -0.4 is 14.8 Å². The number of nitrogens with zero attached hydrogens (tertiary/aromatic N) is 3. The Morgan fingerprint density at radius 3 is 2.34 bits per heavy atom. The number of nitrogens with one attached hydrogen (secondary N) is 1. The highest BCUT2D eigenvalue weighted by atomic mass is 16.7. The van der Waals surface area contributed by atoms with E-state index in [4.69, 9.17) is 9.47 Å². The van der Waals surface area contributed by atoms with Crippen molar-refractivity contribution in [1.29, 1.82) is 0 Å². The van der Waals surface area contributed by atoms with Crippen LogP contribution in [0, 0.1) is 16.0 Å². The van der Waals surface area contributed by atoms with E-state index in [9.17, 15) is 19.7 Å². The molecule has 184 valence electrons. The second-order valence-corrected chi connectivity index (χ2v) is 9.18. The zero-order valence-corrected chi connectivity index (χ0v) is 19.4. The number of nitro benzene ring substituents is 1. The third-order valence-electron chi connectivity index (χ3n) is 7.08. The standard InChI is InChI=1S/C25H28N4O6/c30-24(26-19-7-10-21-22(15-19)35-16-34-21)23(17-3-1-2-4-17)27-11-13-28(14-12-27)25(31)18-5-8-20(9-6-18)29(32)33/h5-10,15,17,23H,1-4,11-14,16H2,(H,26,30)/t23-/m1/s1. The molecule has 2 fully saturated rings. The molecule has 0 spiro atoms. The van der Waals surface area contributed by atoms with Crippen molar-refractivity contribution >= 4 is 23.2 Å². The molecule has 2 aromatic rings. The number of nitro groups is 1. The number of benzene rings is 2. The fourth-order valence-corrected chi connectivity index (χ4v) is 5.25. The first-order valence-corrected chi connectivity index (χ1v) is 12.0. The summed E-state index contributed by atoms with van der Waals surface area (Å²) in [5, 5.41) is 13.9. The SMILES string of the molecule is O=C(Nc1ccc2c(c1)OCO2)[C@@H](C1CCCC1)N1CCN(C(=O)c2ccc([N+](=O)[O-])cc2)CC1. The normalized spacial score (nSPS) is 18.9. The van der Waals surface area contributed by atoms with Crippen LogP contribution in [0.3, 0.4) is 0 Å². The highest BCUT2D eigenvalue weighted by Crippen LogP contribution is 2.35. The molecule has 2 aliphatic heterocycles. The van der Waals surface area contributed by atoms with Crippen molar-refractivity contribution < 1.29 is 24.0 Å². The van der Waals surface area contributed by atoms with Gasteiger partial charge < -0.3 is 19.7 Å². The number of carbonyl (C=O) groups is 2. The van der Waals surface area contributed by atoms with E-state index in [0.29, 0.717) is 48.9 Å². The van der Waals surface area contributed by atoms with Crippen LogP contribution in [0.5, 0.6) is 11.5 Å². The van der Waals surface area contributed by atoms with Gasteiger partial charge in [0.2, 0.25) is 12.7 Å². The molecule has 0 aromatic heterocycles. The van der Waals surface area contributed by atoms with Gasteiger partial charge in [0.15, 0.2) is 11.5 Å². The molecule has 1 saturated heterocycles. The van der Waals surface area contributed by atoms with Gasteiger partial charge in [0.05, 0.1) is 11.0 Å². The van der Waals surface area contributed by atoms with Crippen LogP contribution in [0.25, 0.3) is 0 Å². The largest absolute Gasteiger partial charge is 0.454 e. The van der Waals surface area contributed by atoms with Crippen molar-refractivity contribution in [3.05, 3.63) is 58.1 Å². The number of anilines is 1. The number of ether oxygens (including phenoxy) is 2. The molecule has 1 saturated carbocycles. The van der Waals surface area contributed by atoms with Gasteiger partial charge in [-0.05, 0) is 43.0 Å². The third-order valence-corrected chi connectivity index (χ3v) is 7.08. The Kier molecular flexibility index (Phi) is 6.54. The van der Waals surface area contributed by atoms with Gasteiger partial charge >= 0.3 is 0 Å². The monoisotopic (exact) mass is 480 g/mol. The highest BCUT2D eigenvalue weighted by Gasteiger charge is 2.37. The van der Waals surface area contributed by atoms with E-state index in [1.54, 1.807) is 17.0 Å². The zero-order valence-electron chi connectivity index (χ0n) is 19.4. The maximum Gasteiger partial charge on any atom is 0.269 e. The Balaban J connectivity index is 1.24. The summed E-state index contributed by atoms with van der Waals surface area (Å²) >= 11 is 0. The summed E-state index contributed by atoms with van der Waals surface area (Å²) in [4.78, 5) is 40.7. The second-order valence-electron chi connectivity index (χ2n) is 9.18. The average Bonchev–Trinajstić information content (AvgIpc) is 3.56. The molecule has 3 aliphatic rings. The average molecular weight is 481 g/mol. The molecule has 1 aliphatic carbocycles. The predicted octanol–water partition coefficient (Wildman–Crippen LogP) is 3.28. The fourth-order valence-electron chi connectivity index (χ4n) is 5.25. The van der Waals surface area contributed by atoms with Crippen LogP contribution in [0.4, 0.5) is 11.4 Å². The van der Waals surface area contributed by atoms with Gasteiger partial charge in [-0.2, -0.15) is 0 Å². The predicted molar refractivity (Wildman–Crippen MR) is 128 cm³/mol. The van der Waals surface area contributed by atoms with Crippen molar-refractivity contribution in [3.8, 4) is 11.5 Å². The summed E-state index contributed by atoms with van der Waals surface area (Å²) in [6, 6.07) is 10.8. The van der Waals surface area contributed by atoms with Crippen molar-refractivity contribution in [2.24, 2.45) is 5.92 Å². The van der Waals surface area contributed by atoms with Crippen LogP contribution in [-0.4, -0.2) is 65.6 Å². The Morgan fingerprint density at radius 2 is 1.66 bits per heavy atom. The minimum atomic E-state index is -0.481. The van der Waals surface area contributed by atoms with Crippen molar-refractivity contribution in [2.75, 3.05) is 38.3 Å². The van der Waals surface area contributed by atoms with Gasteiger partial charge in [-0.15, -0.1) is 0 Å². The van der Waals surface area contributed by atoms with Gasteiger partial charge in [0, 0.05) is 55.6 Å². The minimum absolute atomic E-state index is 0.0362. The molecule has 10 heteroatoms. The van der Waals surface area contributed by atoms with E-state index in [2.05, 4.69) is 10.2 Å². The maximum atomic E-state index is 13.5. The number of fused-ring (bicyclic) bond motifs is 1. The van der Waals surface area contributed by atoms with E-state index in [1.165, 1.54) is 24.3 Å². The Labute approximate surface area is 202 Å². The molecule has 1 atom stereocenters. The number of non-ortho nitro benzene ring substituents is 1. The number of piperazine rings is 1. The van der Waals surface area contributed by atoms with E-state index in [1.807, 2.05) is 6.07 Å². The lowest BCUT2D eigenvalue weighted by molar-refractivity contribution is -0.384. The highest BCUT2D eigenvalue weighted by molar-refractivity contribution is 5.96. The van der Waals surface area contributed by atoms with Gasteiger partial charge in [-0.3, -0.25) is 24.6 Å². The molecule has 0 bridgehead atoms. The number of rotatable bonds is 6. The lowest BCUT2D eigenvalue weighted by Crippen LogP contribution is -2.56. The lowest BCUT2D eigenvalue weighted by Gasteiger charge is -2.40. The molecule has 5 rings (SSSR count). The first-order chi connectivity index (χ1) is 17.0. The summed E-state index contributed by atoms with van der Waals surface area (Å²) < 4.78 is 10.8. The number of carbonyl (C=O) groups excluding carboxylic acids is 2. The number of hydrogen-bond donors (Lipinski definition) is 1. The number of amides is 2. The van der Waals surface area contributed by atoms with Gasteiger partial charge in [-0.1, -0.05) is 12.8 Å². The molecule has 2 aromatic carbocycles. The number of hydrogen-bond acceptors (Lipinski definition) is 7.